The summed E-state index contributed by atoms with van der Waals surface area (Å²) in [7, 11) is 0. The van der Waals surface area contributed by atoms with Crippen molar-refractivity contribution in [2.45, 2.75) is 44.9 Å². The molecule has 0 bridgehead atoms. The minimum Gasteiger partial charge on any atom is -0.391 e. The molecule has 9 heteroatoms. The number of amides is 1. The summed E-state index contributed by atoms with van der Waals surface area (Å²) in [5.74, 6) is -1.26. The lowest BCUT2D eigenvalue weighted by Crippen LogP contribution is -2.27. The maximum atomic E-state index is 13.8. The minimum atomic E-state index is -0.907. The second-order valence-corrected chi connectivity index (χ2v) is 9.48. The third kappa shape index (κ3) is 5.61. The molecule has 3 heterocycles. The van der Waals surface area contributed by atoms with E-state index in [1.165, 1.54) is 12.1 Å². The number of aryl methyl sites for hydroxylation is 1. The van der Waals surface area contributed by atoms with E-state index in [1.807, 2.05) is 41.8 Å². The van der Waals surface area contributed by atoms with Gasteiger partial charge in [0.1, 0.15) is 11.3 Å². The van der Waals surface area contributed by atoms with Crippen molar-refractivity contribution in [1.29, 1.82) is 0 Å². The second-order valence-electron chi connectivity index (χ2n) is 9.48. The molecule has 1 fully saturated rings. The fourth-order valence-electron chi connectivity index (χ4n) is 4.76. The first kappa shape index (κ1) is 24.8. The average molecular weight is 506 g/mol. The maximum absolute atomic E-state index is 13.8. The number of rotatable bonds is 8. The first-order valence-electron chi connectivity index (χ1n) is 12.4. The molecule has 0 saturated carbocycles. The fourth-order valence-corrected chi connectivity index (χ4v) is 4.76. The molecule has 37 heavy (non-hydrogen) atoms. The Balaban J connectivity index is 1.24. The molecule has 1 aliphatic rings. The normalized spacial score (nSPS) is 16.3. The Bertz CT molecular complexity index is 1410. The predicted octanol–water partition coefficient (Wildman–Crippen LogP) is 4.14. The fraction of sp³-hybridized carbons (Fsp3) is 0.321. The van der Waals surface area contributed by atoms with Crippen molar-refractivity contribution < 1.29 is 18.7 Å². The first-order valence-corrected chi connectivity index (χ1v) is 12.4. The Hall–Kier alpha value is -3.85. The lowest BCUT2D eigenvalue weighted by atomic mass is 10.1. The Labute approximate surface area is 213 Å². The van der Waals surface area contributed by atoms with Crippen LogP contribution in [0.3, 0.4) is 0 Å². The van der Waals surface area contributed by atoms with Crippen molar-refractivity contribution in [3.8, 4) is 0 Å². The minimum absolute atomic E-state index is 0.112. The van der Waals surface area contributed by atoms with E-state index < -0.39 is 11.6 Å². The lowest BCUT2D eigenvalue weighted by molar-refractivity contribution is -0.121. The summed E-state index contributed by atoms with van der Waals surface area (Å²) in [6.45, 7) is 3.68. The predicted molar refractivity (Wildman–Crippen MR) is 137 cm³/mol. The monoisotopic (exact) mass is 505 g/mol. The van der Waals surface area contributed by atoms with Crippen LogP contribution in [0, 0.1) is 11.6 Å². The molecule has 192 valence electrons. The lowest BCUT2D eigenvalue weighted by Gasteiger charge is -2.20. The van der Waals surface area contributed by atoms with Crippen LogP contribution in [0.2, 0.25) is 0 Å². The van der Waals surface area contributed by atoms with Crippen LogP contribution in [0.25, 0.3) is 11.2 Å². The van der Waals surface area contributed by atoms with Gasteiger partial charge in [-0.2, -0.15) is 0 Å². The molecule has 1 aliphatic heterocycles. The zero-order chi connectivity index (χ0) is 25.9. The number of carbonyl (C=O) groups excluding carboxylic acids is 1. The molecule has 1 saturated heterocycles. The van der Waals surface area contributed by atoms with Crippen LogP contribution in [0.1, 0.15) is 42.8 Å². The number of nitrogens with zero attached hydrogens (tertiary/aromatic N) is 4. The molecular formula is C28H29F2N5O2. The van der Waals surface area contributed by atoms with Crippen molar-refractivity contribution in [2.24, 2.45) is 0 Å². The maximum Gasteiger partial charge on any atom is 0.220 e. The van der Waals surface area contributed by atoms with Gasteiger partial charge in [-0.05, 0) is 60.9 Å². The van der Waals surface area contributed by atoms with E-state index in [0.29, 0.717) is 35.5 Å². The highest BCUT2D eigenvalue weighted by atomic mass is 19.2. The highest BCUT2D eigenvalue weighted by Crippen LogP contribution is 2.23. The van der Waals surface area contributed by atoms with E-state index in [4.69, 9.17) is 0 Å². The van der Waals surface area contributed by atoms with Gasteiger partial charge in [0, 0.05) is 37.8 Å². The van der Waals surface area contributed by atoms with Crippen LogP contribution in [-0.2, 0) is 17.8 Å². The molecule has 2 aromatic heterocycles. The number of anilines is 1. The topological polar surface area (TPSA) is 83.3 Å². The SMILES string of the molecule is C[C@H](NC(=O)CCc1nc2cccnc2n1Cc1ccc(F)c(F)c1)c1ccc(N2CC[C@@H](O)C2)cc1. The van der Waals surface area contributed by atoms with E-state index in [9.17, 15) is 18.7 Å². The van der Waals surface area contributed by atoms with Gasteiger partial charge in [0.05, 0.1) is 18.7 Å². The standard InChI is InChI=1S/C28H29F2N5O2/c1-18(20-5-7-21(8-6-20)34-14-12-22(36)17-34)32-27(37)11-10-26-33-25-3-2-13-31-28(25)35(26)16-19-4-9-23(29)24(30)15-19/h2-9,13,15,18,22,36H,10-12,14,16-17H2,1H3,(H,32,37)/t18-,22+/m0/s1. The summed E-state index contributed by atoms with van der Waals surface area (Å²) in [6, 6.07) is 15.3. The van der Waals surface area contributed by atoms with Crippen molar-refractivity contribution in [3.63, 3.8) is 0 Å². The van der Waals surface area contributed by atoms with Gasteiger partial charge in [-0.3, -0.25) is 4.79 Å². The summed E-state index contributed by atoms with van der Waals surface area (Å²) in [4.78, 5) is 24.0. The van der Waals surface area contributed by atoms with Gasteiger partial charge in [-0.25, -0.2) is 18.7 Å². The third-order valence-electron chi connectivity index (χ3n) is 6.78. The van der Waals surface area contributed by atoms with E-state index in [-0.39, 0.29) is 31.0 Å². The smallest absolute Gasteiger partial charge is 0.220 e. The summed E-state index contributed by atoms with van der Waals surface area (Å²) in [5.41, 5.74) is 3.94. The third-order valence-corrected chi connectivity index (χ3v) is 6.78. The van der Waals surface area contributed by atoms with Gasteiger partial charge in [-0.1, -0.05) is 18.2 Å². The van der Waals surface area contributed by atoms with Gasteiger partial charge in [0.2, 0.25) is 5.91 Å². The van der Waals surface area contributed by atoms with Crippen LogP contribution in [0.4, 0.5) is 14.5 Å². The molecule has 7 nitrogen and oxygen atoms in total. The Morgan fingerprint density at radius 3 is 2.70 bits per heavy atom. The molecule has 2 atom stereocenters. The number of aliphatic hydroxyl groups is 1. The van der Waals surface area contributed by atoms with E-state index in [1.54, 1.807) is 12.3 Å². The molecule has 2 aromatic carbocycles. The number of β-amino-alcohol motifs (C(OH)–C–C–N with tert-alkyl or cyclic N) is 1. The van der Waals surface area contributed by atoms with Crippen LogP contribution in [0.5, 0.6) is 0 Å². The molecule has 2 N–H and O–H groups in total. The molecule has 5 rings (SSSR count). The Kier molecular flexibility index (Phi) is 7.14. The number of hydrogen-bond acceptors (Lipinski definition) is 5. The zero-order valence-electron chi connectivity index (χ0n) is 20.6. The number of pyridine rings is 1. The summed E-state index contributed by atoms with van der Waals surface area (Å²) in [5, 5.41) is 12.8. The number of imidazole rings is 1. The largest absolute Gasteiger partial charge is 0.391 e. The number of nitrogens with one attached hydrogen (secondary N) is 1. The molecule has 0 radical (unpaired) electrons. The number of aromatic nitrogens is 3. The Morgan fingerprint density at radius 2 is 1.97 bits per heavy atom. The van der Waals surface area contributed by atoms with E-state index in [2.05, 4.69) is 20.2 Å². The van der Waals surface area contributed by atoms with Crippen LogP contribution in [0.15, 0.2) is 60.8 Å². The molecule has 4 aromatic rings. The molecular weight excluding hydrogens is 476 g/mol. The first-order chi connectivity index (χ1) is 17.9. The molecule has 1 amide bonds. The number of benzene rings is 2. The zero-order valence-corrected chi connectivity index (χ0v) is 20.6. The van der Waals surface area contributed by atoms with E-state index in [0.717, 1.165) is 30.3 Å². The van der Waals surface area contributed by atoms with Crippen molar-refractivity contribution in [1.82, 2.24) is 19.9 Å². The van der Waals surface area contributed by atoms with Gasteiger partial charge in [-0.15, -0.1) is 0 Å². The number of hydrogen-bond donors (Lipinski definition) is 2. The number of fused-ring (bicyclic) bond motifs is 1. The molecule has 0 aliphatic carbocycles. The quantitative estimate of drug-likeness (QED) is 0.376. The van der Waals surface area contributed by atoms with Gasteiger partial charge >= 0.3 is 0 Å². The molecule has 0 unspecified atom stereocenters. The van der Waals surface area contributed by atoms with Crippen molar-refractivity contribution in [3.05, 3.63) is 89.4 Å². The summed E-state index contributed by atoms with van der Waals surface area (Å²) in [6.07, 6.45) is 2.74. The molecule has 0 spiro atoms. The average Bonchev–Trinajstić information content (AvgIpc) is 3.48. The highest BCUT2D eigenvalue weighted by molar-refractivity contribution is 5.77. The number of aliphatic hydroxyl groups excluding tert-OH is 1. The van der Waals surface area contributed by atoms with Crippen LogP contribution >= 0.6 is 0 Å². The van der Waals surface area contributed by atoms with Gasteiger partial charge in [0.15, 0.2) is 17.3 Å². The highest BCUT2D eigenvalue weighted by Gasteiger charge is 2.21. The van der Waals surface area contributed by atoms with Crippen LogP contribution < -0.4 is 10.2 Å². The van der Waals surface area contributed by atoms with Crippen molar-refractivity contribution >= 4 is 22.8 Å². The second kappa shape index (κ2) is 10.6. The van der Waals surface area contributed by atoms with Crippen LogP contribution in [-0.4, -0.2) is 44.7 Å². The van der Waals surface area contributed by atoms with Gasteiger partial charge < -0.3 is 19.9 Å². The van der Waals surface area contributed by atoms with Crippen molar-refractivity contribution in [2.75, 3.05) is 18.0 Å². The Morgan fingerprint density at radius 1 is 1.16 bits per heavy atom. The summed E-state index contributed by atoms with van der Waals surface area (Å²) >= 11 is 0. The number of halogens is 2. The number of carbonyl (C=O) groups is 1. The summed E-state index contributed by atoms with van der Waals surface area (Å²) < 4.78 is 29.0. The van der Waals surface area contributed by atoms with Gasteiger partial charge in [0.25, 0.3) is 0 Å². The van der Waals surface area contributed by atoms with E-state index >= 15 is 0 Å².